The van der Waals surface area contributed by atoms with Crippen LogP contribution in [0.3, 0.4) is 0 Å². The minimum atomic E-state index is 1.21. The van der Waals surface area contributed by atoms with E-state index in [1.54, 1.807) is 0 Å². The van der Waals surface area contributed by atoms with Crippen LogP contribution in [0.4, 0.5) is 0 Å². The number of para-hydroxylation sites is 1. The molecule has 1 aliphatic heterocycles. The molecule has 120 valence electrons. The molecular formula is C23H19N2+. The molecular weight excluding hydrogens is 304 g/mol. The van der Waals surface area contributed by atoms with E-state index in [-0.39, 0.29) is 0 Å². The number of nitrogens with zero attached hydrogens (tertiary/aromatic N) is 2. The first kappa shape index (κ1) is 14.2. The van der Waals surface area contributed by atoms with Gasteiger partial charge < -0.3 is 0 Å². The Morgan fingerprint density at radius 2 is 1.48 bits per heavy atom. The third-order valence-corrected chi connectivity index (χ3v) is 5.20. The third kappa shape index (κ3) is 1.94. The zero-order valence-electron chi connectivity index (χ0n) is 14.4. The first-order valence-electron chi connectivity index (χ1n) is 8.62. The zero-order chi connectivity index (χ0) is 17.0. The average Bonchev–Trinajstić information content (AvgIpc) is 2.82. The van der Waals surface area contributed by atoms with Gasteiger partial charge in [0.1, 0.15) is 0 Å². The number of fused-ring (bicyclic) bond motifs is 2. The normalized spacial score (nSPS) is 12.2. The predicted molar refractivity (Wildman–Crippen MR) is 104 cm³/mol. The van der Waals surface area contributed by atoms with E-state index in [0.717, 1.165) is 0 Å². The molecule has 2 heteroatoms. The lowest BCUT2D eigenvalue weighted by atomic mass is 9.99. The monoisotopic (exact) mass is 323 g/mol. The summed E-state index contributed by atoms with van der Waals surface area (Å²) in [5.41, 5.74) is 8.90. The summed E-state index contributed by atoms with van der Waals surface area (Å²) in [6.45, 7) is 2.18. The van der Waals surface area contributed by atoms with Crippen LogP contribution in [-0.2, 0) is 7.05 Å². The Balaban J connectivity index is 1.96. The zero-order valence-corrected chi connectivity index (χ0v) is 14.4. The lowest BCUT2D eigenvalue weighted by molar-refractivity contribution is -0.525. The van der Waals surface area contributed by atoms with Crippen molar-refractivity contribution in [1.82, 2.24) is 4.57 Å². The van der Waals surface area contributed by atoms with Gasteiger partial charge in [-0.3, -0.25) is 0 Å². The number of rotatable bonds is 1. The number of aromatic nitrogens is 2. The Morgan fingerprint density at radius 3 is 2.32 bits per heavy atom. The largest absolute Gasteiger partial charge is 0.294 e. The fraction of sp³-hybridized carbons (Fsp3) is 0.0870. The van der Waals surface area contributed by atoms with Gasteiger partial charge >= 0.3 is 0 Å². The van der Waals surface area contributed by atoms with Crippen LogP contribution < -0.4 is 4.57 Å². The molecule has 0 N–H and O–H groups in total. The van der Waals surface area contributed by atoms with Crippen molar-refractivity contribution < 1.29 is 4.57 Å². The maximum Gasteiger partial charge on any atom is 0.294 e. The Hall–Kier alpha value is -3.13. The topological polar surface area (TPSA) is 8.81 Å². The molecule has 0 saturated heterocycles. The van der Waals surface area contributed by atoms with Gasteiger partial charge in [0, 0.05) is 5.56 Å². The van der Waals surface area contributed by atoms with Gasteiger partial charge in [-0.2, -0.15) is 4.57 Å². The van der Waals surface area contributed by atoms with Gasteiger partial charge in [0.15, 0.2) is 11.0 Å². The average molecular weight is 323 g/mol. The van der Waals surface area contributed by atoms with Crippen molar-refractivity contribution in [2.45, 2.75) is 6.92 Å². The summed E-state index contributed by atoms with van der Waals surface area (Å²) in [5.74, 6) is 1.21. The van der Waals surface area contributed by atoms with Crippen molar-refractivity contribution in [3.63, 3.8) is 0 Å². The fourth-order valence-corrected chi connectivity index (χ4v) is 3.98. The van der Waals surface area contributed by atoms with E-state index in [0.29, 0.717) is 0 Å². The van der Waals surface area contributed by atoms with Crippen LogP contribution in [-0.4, -0.2) is 4.57 Å². The number of benzene rings is 3. The molecule has 0 amide bonds. The van der Waals surface area contributed by atoms with E-state index >= 15 is 0 Å². The van der Waals surface area contributed by atoms with E-state index in [2.05, 4.69) is 102 Å². The van der Waals surface area contributed by atoms with Crippen molar-refractivity contribution >= 4 is 23.3 Å². The summed E-state index contributed by atoms with van der Waals surface area (Å²) in [7, 11) is 2.16. The summed E-state index contributed by atoms with van der Waals surface area (Å²) >= 11 is 0. The Labute approximate surface area is 147 Å². The Morgan fingerprint density at radius 1 is 0.760 bits per heavy atom. The van der Waals surface area contributed by atoms with Crippen LogP contribution in [0.25, 0.3) is 45.8 Å². The van der Waals surface area contributed by atoms with Gasteiger partial charge in [-0.25, -0.2) is 4.57 Å². The number of imidazole rings is 1. The van der Waals surface area contributed by atoms with Crippen molar-refractivity contribution in [2.24, 2.45) is 7.05 Å². The SMILES string of the molecule is Cc1ccccc1-c1n(C)c2cccc3c2[n+]1C=Cc1ccccc1-3. The van der Waals surface area contributed by atoms with Crippen LogP contribution in [0, 0.1) is 6.92 Å². The molecule has 0 bridgehead atoms. The second-order valence-corrected chi connectivity index (χ2v) is 6.64. The molecule has 0 unspecified atom stereocenters. The summed E-state index contributed by atoms with van der Waals surface area (Å²) in [6.07, 6.45) is 4.43. The van der Waals surface area contributed by atoms with Crippen molar-refractivity contribution in [3.05, 3.63) is 77.9 Å². The second-order valence-electron chi connectivity index (χ2n) is 6.64. The molecule has 2 nitrogen and oxygen atoms in total. The molecule has 5 rings (SSSR count). The molecule has 25 heavy (non-hydrogen) atoms. The van der Waals surface area contributed by atoms with Gasteiger partial charge in [0.25, 0.3) is 5.82 Å². The van der Waals surface area contributed by atoms with Crippen LogP contribution in [0.15, 0.2) is 66.7 Å². The van der Waals surface area contributed by atoms with Crippen LogP contribution in [0.2, 0.25) is 0 Å². The van der Waals surface area contributed by atoms with Crippen molar-refractivity contribution in [2.75, 3.05) is 0 Å². The van der Waals surface area contributed by atoms with Gasteiger partial charge in [-0.15, -0.1) is 0 Å². The van der Waals surface area contributed by atoms with Crippen LogP contribution in [0.5, 0.6) is 0 Å². The molecule has 2 heterocycles. The van der Waals surface area contributed by atoms with Crippen molar-refractivity contribution in [3.8, 4) is 22.5 Å². The molecule has 1 aliphatic rings. The maximum absolute atomic E-state index is 2.34. The molecule has 0 aliphatic carbocycles. The highest BCUT2D eigenvalue weighted by atomic mass is 15.1. The van der Waals surface area contributed by atoms with Crippen LogP contribution >= 0.6 is 0 Å². The molecule has 3 aromatic carbocycles. The first-order chi connectivity index (χ1) is 12.3. The van der Waals surface area contributed by atoms with E-state index in [1.165, 1.54) is 44.7 Å². The first-order valence-corrected chi connectivity index (χ1v) is 8.62. The standard InChI is InChI=1S/C23H19N2/c1-16-8-3-5-10-18(16)23-24(2)21-13-7-12-20-19-11-6-4-9-17(19)14-15-25(23)22(20)21/h3-15H,1-2H3/q+1. The molecule has 0 radical (unpaired) electrons. The number of hydrogen-bond donors (Lipinski definition) is 0. The van der Waals surface area contributed by atoms with E-state index in [1.807, 2.05) is 0 Å². The Bertz CT molecular complexity index is 1160. The van der Waals surface area contributed by atoms with E-state index < -0.39 is 0 Å². The highest BCUT2D eigenvalue weighted by Gasteiger charge is 2.28. The van der Waals surface area contributed by atoms with Gasteiger partial charge in [-0.05, 0) is 47.9 Å². The van der Waals surface area contributed by atoms with Gasteiger partial charge in [-0.1, -0.05) is 48.5 Å². The summed E-state index contributed by atoms with van der Waals surface area (Å²) < 4.78 is 4.65. The molecule has 4 aromatic rings. The third-order valence-electron chi connectivity index (χ3n) is 5.20. The molecule has 0 saturated carbocycles. The smallest absolute Gasteiger partial charge is 0.225 e. The van der Waals surface area contributed by atoms with E-state index in [9.17, 15) is 0 Å². The lowest BCUT2D eigenvalue weighted by Gasteiger charge is -2.03. The highest BCUT2D eigenvalue weighted by Crippen LogP contribution is 2.35. The summed E-state index contributed by atoms with van der Waals surface area (Å²) in [4.78, 5) is 0. The van der Waals surface area contributed by atoms with Gasteiger partial charge in [0.2, 0.25) is 0 Å². The molecule has 0 fully saturated rings. The number of aryl methyl sites for hydroxylation is 2. The minimum absolute atomic E-state index is 1.21. The second kappa shape index (κ2) is 5.18. The fourth-order valence-electron chi connectivity index (χ4n) is 3.98. The van der Waals surface area contributed by atoms with E-state index in [4.69, 9.17) is 0 Å². The van der Waals surface area contributed by atoms with Crippen LogP contribution in [0.1, 0.15) is 11.1 Å². The number of hydrogen-bond acceptors (Lipinski definition) is 0. The summed E-state index contributed by atoms with van der Waals surface area (Å²) in [5, 5.41) is 0. The molecule has 1 aromatic heterocycles. The lowest BCUT2D eigenvalue weighted by Crippen LogP contribution is -2.28. The predicted octanol–water partition coefficient (Wildman–Crippen LogP) is 5.05. The Kier molecular flexibility index (Phi) is 2.95. The minimum Gasteiger partial charge on any atom is -0.225 e. The van der Waals surface area contributed by atoms with Crippen molar-refractivity contribution in [1.29, 1.82) is 0 Å². The quantitative estimate of drug-likeness (QED) is 0.382. The highest BCUT2D eigenvalue weighted by molar-refractivity contribution is 5.96. The molecule has 0 spiro atoms. The maximum atomic E-state index is 2.34. The molecule has 0 atom stereocenters. The van der Waals surface area contributed by atoms with Gasteiger partial charge in [0.05, 0.1) is 18.8 Å². The summed E-state index contributed by atoms with van der Waals surface area (Å²) in [6, 6.07) is 23.8.